The molecule has 2 unspecified atom stereocenters. The predicted molar refractivity (Wildman–Crippen MR) is 103 cm³/mol. The van der Waals surface area contributed by atoms with Gasteiger partial charge in [0.15, 0.2) is 0 Å². The summed E-state index contributed by atoms with van der Waals surface area (Å²) in [6, 6.07) is 0.421. The van der Waals surface area contributed by atoms with Crippen molar-refractivity contribution in [1.82, 2.24) is 0 Å². The van der Waals surface area contributed by atoms with Crippen molar-refractivity contribution in [3.05, 3.63) is 0 Å². The van der Waals surface area contributed by atoms with Crippen molar-refractivity contribution in [1.29, 1.82) is 0 Å². The molecule has 22 heavy (non-hydrogen) atoms. The molecule has 0 amide bonds. The lowest BCUT2D eigenvalue weighted by molar-refractivity contribution is 0.413. The molecule has 2 nitrogen and oxygen atoms in total. The zero-order chi connectivity index (χ0) is 17.1. The predicted octanol–water partition coefficient (Wildman–Crippen LogP) is 6.03. The smallest absolute Gasteiger partial charge is 0.00618 e. The third-order valence-electron chi connectivity index (χ3n) is 4.50. The molecule has 0 aliphatic carbocycles. The van der Waals surface area contributed by atoms with E-state index < -0.39 is 0 Å². The van der Waals surface area contributed by atoms with Crippen molar-refractivity contribution >= 4 is 0 Å². The SMILES string of the molecule is CCCC(C)C(N)CC.CCCCCCCCCCCCN. The Hall–Kier alpha value is -0.0800. The highest BCUT2D eigenvalue weighted by atomic mass is 14.6. The van der Waals surface area contributed by atoms with E-state index in [9.17, 15) is 0 Å². The summed E-state index contributed by atoms with van der Waals surface area (Å²) in [6.45, 7) is 9.73. The Labute approximate surface area is 141 Å². The van der Waals surface area contributed by atoms with Crippen LogP contribution in [-0.2, 0) is 0 Å². The number of unbranched alkanes of at least 4 members (excludes halogenated alkanes) is 9. The second-order valence-corrected chi connectivity index (χ2v) is 6.81. The molecule has 0 heterocycles. The average Bonchev–Trinajstić information content (AvgIpc) is 2.53. The van der Waals surface area contributed by atoms with Gasteiger partial charge in [0.25, 0.3) is 0 Å². The van der Waals surface area contributed by atoms with Crippen molar-refractivity contribution in [2.45, 2.75) is 117 Å². The van der Waals surface area contributed by atoms with Crippen LogP contribution < -0.4 is 11.5 Å². The zero-order valence-corrected chi connectivity index (χ0v) is 16.2. The molecule has 0 spiro atoms. The lowest BCUT2D eigenvalue weighted by Gasteiger charge is -2.16. The molecule has 0 aromatic heterocycles. The first kappa shape index (κ1) is 24.2. The first-order chi connectivity index (χ1) is 10.6. The first-order valence-corrected chi connectivity index (χ1v) is 10.1. The third kappa shape index (κ3) is 19.9. The Bertz CT molecular complexity index is 173. The number of hydrogen-bond donors (Lipinski definition) is 2. The van der Waals surface area contributed by atoms with E-state index in [1.807, 2.05) is 0 Å². The Kier molecular flexibility index (Phi) is 23.0. The Balaban J connectivity index is 0. The maximum atomic E-state index is 5.80. The topological polar surface area (TPSA) is 52.0 Å². The average molecular weight is 315 g/mol. The molecular formula is C20H46N2. The molecular weight excluding hydrogens is 268 g/mol. The van der Waals surface area contributed by atoms with Crippen LogP contribution in [0.15, 0.2) is 0 Å². The molecule has 0 saturated carbocycles. The maximum absolute atomic E-state index is 5.80. The molecule has 0 bridgehead atoms. The van der Waals surface area contributed by atoms with Gasteiger partial charge in [0, 0.05) is 6.04 Å². The summed E-state index contributed by atoms with van der Waals surface area (Å²) >= 11 is 0. The van der Waals surface area contributed by atoms with Gasteiger partial charge in [-0.05, 0) is 31.7 Å². The lowest BCUT2D eigenvalue weighted by Crippen LogP contribution is -2.26. The van der Waals surface area contributed by atoms with Gasteiger partial charge in [-0.3, -0.25) is 0 Å². The highest BCUT2D eigenvalue weighted by molar-refractivity contribution is 4.65. The summed E-state index contributed by atoms with van der Waals surface area (Å²) in [5, 5.41) is 0. The van der Waals surface area contributed by atoms with E-state index in [4.69, 9.17) is 11.5 Å². The normalized spacial score (nSPS) is 13.4. The summed E-state index contributed by atoms with van der Waals surface area (Å²) < 4.78 is 0. The number of nitrogens with two attached hydrogens (primary N) is 2. The minimum absolute atomic E-state index is 0.421. The quantitative estimate of drug-likeness (QED) is 0.385. The second kappa shape index (κ2) is 20.9. The minimum Gasteiger partial charge on any atom is -0.330 e. The van der Waals surface area contributed by atoms with Gasteiger partial charge >= 0.3 is 0 Å². The van der Waals surface area contributed by atoms with E-state index in [-0.39, 0.29) is 0 Å². The highest BCUT2D eigenvalue weighted by Crippen LogP contribution is 2.10. The second-order valence-electron chi connectivity index (χ2n) is 6.81. The van der Waals surface area contributed by atoms with E-state index in [1.165, 1.54) is 77.0 Å². The highest BCUT2D eigenvalue weighted by Gasteiger charge is 2.07. The van der Waals surface area contributed by atoms with Crippen LogP contribution in [0.1, 0.15) is 111 Å². The summed E-state index contributed by atoms with van der Waals surface area (Å²) in [7, 11) is 0. The molecule has 0 aromatic rings. The van der Waals surface area contributed by atoms with Crippen LogP contribution in [0.25, 0.3) is 0 Å². The fraction of sp³-hybridized carbons (Fsp3) is 1.00. The summed E-state index contributed by atoms with van der Waals surface area (Å²) in [4.78, 5) is 0. The van der Waals surface area contributed by atoms with E-state index in [2.05, 4.69) is 27.7 Å². The monoisotopic (exact) mass is 314 g/mol. The van der Waals surface area contributed by atoms with E-state index in [0.29, 0.717) is 12.0 Å². The molecule has 0 aromatic carbocycles. The molecule has 2 atom stereocenters. The molecule has 136 valence electrons. The van der Waals surface area contributed by atoms with Crippen LogP contribution >= 0.6 is 0 Å². The fourth-order valence-corrected chi connectivity index (χ4v) is 2.70. The van der Waals surface area contributed by atoms with Crippen molar-refractivity contribution in [2.75, 3.05) is 6.54 Å². The van der Waals surface area contributed by atoms with E-state index in [0.717, 1.165) is 13.0 Å². The van der Waals surface area contributed by atoms with Crippen LogP contribution in [0.3, 0.4) is 0 Å². The molecule has 0 fully saturated rings. The van der Waals surface area contributed by atoms with Crippen molar-refractivity contribution in [2.24, 2.45) is 17.4 Å². The third-order valence-corrected chi connectivity index (χ3v) is 4.50. The van der Waals surface area contributed by atoms with Crippen LogP contribution in [0.4, 0.5) is 0 Å². The number of rotatable bonds is 14. The standard InChI is InChI=1S/C12H27N.C8H19N/c1-2-3-4-5-6-7-8-9-10-11-12-13;1-4-6-7(3)8(9)5-2/h2-13H2,1H3;7-8H,4-6,9H2,1-3H3. The van der Waals surface area contributed by atoms with E-state index in [1.54, 1.807) is 0 Å². The van der Waals surface area contributed by atoms with Crippen molar-refractivity contribution in [3.8, 4) is 0 Å². The summed E-state index contributed by atoms with van der Waals surface area (Å²) in [6.07, 6.45) is 17.6. The van der Waals surface area contributed by atoms with Crippen LogP contribution in [-0.4, -0.2) is 12.6 Å². The molecule has 0 aliphatic heterocycles. The van der Waals surface area contributed by atoms with Gasteiger partial charge in [0.1, 0.15) is 0 Å². The van der Waals surface area contributed by atoms with Crippen LogP contribution in [0.2, 0.25) is 0 Å². The maximum Gasteiger partial charge on any atom is 0.00618 e. The van der Waals surface area contributed by atoms with E-state index >= 15 is 0 Å². The minimum atomic E-state index is 0.421. The van der Waals surface area contributed by atoms with Gasteiger partial charge in [0.05, 0.1) is 0 Å². The Morgan fingerprint density at radius 1 is 0.682 bits per heavy atom. The Morgan fingerprint density at radius 3 is 1.50 bits per heavy atom. The van der Waals surface area contributed by atoms with Crippen LogP contribution in [0, 0.1) is 5.92 Å². The first-order valence-electron chi connectivity index (χ1n) is 10.1. The van der Waals surface area contributed by atoms with Crippen molar-refractivity contribution in [3.63, 3.8) is 0 Å². The molecule has 0 rings (SSSR count). The molecule has 0 radical (unpaired) electrons. The molecule has 2 heteroatoms. The lowest BCUT2D eigenvalue weighted by atomic mass is 9.96. The largest absolute Gasteiger partial charge is 0.330 e. The van der Waals surface area contributed by atoms with Gasteiger partial charge in [-0.25, -0.2) is 0 Å². The zero-order valence-electron chi connectivity index (χ0n) is 16.2. The van der Waals surface area contributed by atoms with Gasteiger partial charge in [-0.2, -0.15) is 0 Å². The summed E-state index contributed by atoms with van der Waals surface area (Å²) in [5.41, 5.74) is 11.2. The molecule has 0 saturated heterocycles. The summed E-state index contributed by atoms with van der Waals surface area (Å²) in [5.74, 6) is 0.708. The fourth-order valence-electron chi connectivity index (χ4n) is 2.70. The van der Waals surface area contributed by atoms with Crippen LogP contribution in [0.5, 0.6) is 0 Å². The molecule has 0 aliphatic rings. The van der Waals surface area contributed by atoms with Crippen molar-refractivity contribution < 1.29 is 0 Å². The molecule has 4 N–H and O–H groups in total. The van der Waals surface area contributed by atoms with Gasteiger partial charge in [-0.1, -0.05) is 91.9 Å². The van der Waals surface area contributed by atoms with Gasteiger partial charge in [-0.15, -0.1) is 0 Å². The Morgan fingerprint density at radius 2 is 1.14 bits per heavy atom. The number of hydrogen-bond acceptors (Lipinski definition) is 2. The van der Waals surface area contributed by atoms with Gasteiger partial charge in [0.2, 0.25) is 0 Å². The van der Waals surface area contributed by atoms with Gasteiger partial charge < -0.3 is 11.5 Å².